The summed E-state index contributed by atoms with van der Waals surface area (Å²) in [6, 6.07) is 6.87. The largest absolute Gasteiger partial charge is 0.462 e. The molecule has 0 aliphatic carbocycles. The zero-order valence-corrected chi connectivity index (χ0v) is 21.0. The van der Waals surface area contributed by atoms with Crippen LogP contribution in [-0.4, -0.2) is 57.8 Å². The molecular formula is C22H29FN3O9P. The molecule has 1 saturated heterocycles. The fourth-order valence-corrected chi connectivity index (χ4v) is 4.85. The van der Waals surface area contributed by atoms with Gasteiger partial charge < -0.3 is 19.1 Å². The van der Waals surface area contributed by atoms with E-state index in [0.29, 0.717) is 0 Å². The van der Waals surface area contributed by atoms with Crippen LogP contribution in [0, 0.1) is 6.92 Å². The van der Waals surface area contributed by atoms with Crippen LogP contribution in [0.1, 0.15) is 32.6 Å². The molecule has 2 heterocycles. The number of rotatable bonds is 10. The summed E-state index contributed by atoms with van der Waals surface area (Å²) in [4.78, 5) is 38.0. The van der Waals surface area contributed by atoms with Crippen LogP contribution < -0.4 is 20.9 Å². The van der Waals surface area contributed by atoms with E-state index in [2.05, 4.69) is 5.09 Å². The summed E-state index contributed by atoms with van der Waals surface area (Å²) in [6.07, 6.45) is -6.07. The van der Waals surface area contributed by atoms with Crippen LogP contribution in [0.2, 0.25) is 0 Å². The number of H-pyrrole nitrogens is 1. The Labute approximate surface area is 205 Å². The number of alkyl halides is 1. The average Bonchev–Trinajstić information content (AvgIpc) is 3.08. The van der Waals surface area contributed by atoms with Crippen molar-refractivity contribution in [2.45, 2.75) is 64.4 Å². The lowest BCUT2D eigenvalue weighted by atomic mass is 10.1. The maximum absolute atomic E-state index is 14.9. The van der Waals surface area contributed by atoms with Crippen LogP contribution in [0.4, 0.5) is 4.39 Å². The first-order valence-corrected chi connectivity index (χ1v) is 12.7. The number of ether oxygens (including phenoxy) is 2. The second-order valence-corrected chi connectivity index (χ2v) is 10.2. The van der Waals surface area contributed by atoms with Gasteiger partial charge in [-0.3, -0.25) is 23.7 Å². The van der Waals surface area contributed by atoms with Crippen molar-refractivity contribution < 1.29 is 37.4 Å². The zero-order chi connectivity index (χ0) is 26.6. The second kappa shape index (κ2) is 11.5. The third kappa shape index (κ3) is 6.68. The molecule has 1 aliphatic heterocycles. The molecule has 3 rings (SSSR count). The minimum absolute atomic E-state index is 0.131. The fourth-order valence-electron chi connectivity index (χ4n) is 3.35. The van der Waals surface area contributed by atoms with E-state index in [1.807, 2.05) is 4.98 Å². The first-order valence-electron chi connectivity index (χ1n) is 11.2. The molecule has 3 N–H and O–H groups in total. The third-order valence-corrected chi connectivity index (χ3v) is 6.79. The number of aromatic nitrogens is 2. The lowest BCUT2D eigenvalue weighted by Crippen LogP contribution is -2.37. The molecule has 2 aromatic rings. The van der Waals surface area contributed by atoms with Gasteiger partial charge in [0.1, 0.15) is 24.0 Å². The average molecular weight is 529 g/mol. The van der Waals surface area contributed by atoms with Gasteiger partial charge in [-0.15, -0.1) is 0 Å². The van der Waals surface area contributed by atoms with E-state index in [9.17, 15) is 28.4 Å². The molecule has 36 heavy (non-hydrogen) atoms. The number of hydrogen-bond donors (Lipinski definition) is 3. The summed E-state index contributed by atoms with van der Waals surface area (Å²) in [6.45, 7) is 5.49. The van der Waals surface area contributed by atoms with Crippen molar-refractivity contribution in [1.82, 2.24) is 14.6 Å². The van der Waals surface area contributed by atoms with Crippen molar-refractivity contribution in [3.8, 4) is 5.75 Å². The molecule has 0 bridgehead atoms. The number of hydrogen-bond acceptors (Lipinski definition) is 9. The highest BCUT2D eigenvalue weighted by Gasteiger charge is 2.47. The van der Waals surface area contributed by atoms with E-state index >= 15 is 0 Å². The van der Waals surface area contributed by atoms with Gasteiger partial charge in [-0.25, -0.2) is 13.8 Å². The molecule has 6 atom stereocenters. The number of benzene rings is 1. The van der Waals surface area contributed by atoms with Crippen molar-refractivity contribution in [2.24, 2.45) is 0 Å². The Balaban J connectivity index is 1.77. The Morgan fingerprint density at radius 3 is 2.58 bits per heavy atom. The number of aliphatic hydroxyl groups excluding tert-OH is 1. The van der Waals surface area contributed by atoms with Gasteiger partial charge >= 0.3 is 19.4 Å². The van der Waals surface area contributed by atoms with Crippen molar-refractivity contribution in [3.05, 3.63) is 62.9 Å². The van der Waals surface area contributed by atoms with Gasteiger partial charge in [-0.05, 0) is 39.8 Å². The van der Waals surface area contributed by atoms with Crippen LogP contribution in [0.15, 0.2) is 46.1 Å². The maximum atomic E-state index is 14.9. The van der Waals surface area contributed by atoms with Crippen molar-refractivity contribution in [1.29, 1.82) is 0 Å². The van der Waals surface area contributed by atoms with Crippen LogP contribution in [-0.2, 0) is 23.4 Å². The number of aliphatic hydroxyl groups is 1. The van der Waals surface area contributed by atoms with Gasteiger partial charge in [0, 0.05) is 11.8 Å². The molecule has 14 heteroatoms. The minimum atomic E-state index is -4.29. The standard InChI is InChI=1S/C22H29FN3O9P/c1-12(2)33-21(29)14(4)25-36(31,35-15-8-6-5-7-9-15)32-11-16-18(27)17(23)20(34-16)26-10-13(3)19(28)24-22(26)30/h5-10,12,14,16-18,20,27H,11H2,1-4H3,(H,25,31)(H,24,28,30)/t14-,16-,17+,18-,20-,36-/m0/s1. The zero-order valence-electron chi connectivity index (χ0n) is 20.1. The van der Waals surface area contributed by atoms with Gasteiger partial charge in [0.15, 0.2) is 12.4 Å². The molecule has 1 aromatic carbocycles. The summed E-state index contributed by atoms with van der Waals surface area (Å²) < 4.78 is 50.7. The van der Waals surface area contributed by atoms with Crippen LogP contribution in [0.25, 0.3) is 0 Å². The quantitative estimate of drug-likeness (QED) is 0.305. The third-order valence-electron chi connectivity index (χ3n) is 5.15. The predicted octanol–water partition coefficient (Wildman–Crippen LogP) is 1.57. The maximum Gasteiger partial charge on any atom is 0.459 e. The van der Waals surface area contributed by atoms with Crippen LogP contribution in [0.3, 0.4) is 0 Å². The van der Waals surface area contributed by atoms with E-state index in [1.54, 1.807) is 32.0 Å². The summed E-state index contributed by atoms with van der Waals surface area (Å²) >= 11 is 0. The first-order chi connectivity index (χ1) is 16.9. The minimum Gasteiger partial charge on any atom is -0.462 e. The first kappa shape index (κ1) is 27.8. The molecule has 0 amide bonds. The number of esters is 1. The lowest BCUT2D eigenvalue weighted by Gasteiger charge is -2.25. The van der Waals surface area contributed by atoms with Gasteiger partial charge in [0.25, 0.3) is 5.56 Å². The Bertz CT molecular complexity index is 1220. The van der Waals surface area contributed by atoms with Crippen LogP contribution >= 0.6 is 7.75 Å². The lowest BCUT2D eigenvalue weighted by molar-refractivity contribution is -0.149. The molecule has 1 aromatic heterocycles. The van der Waals surface area contributed by atoms with Gasteiger partial charge in [-0.1, -0.05) is 18.2 Å². The van der Waals surface area contributed by atoms with E-state index in [4.69, 9.17) is 18.5 Å². The van der Waals surface area contributed by atoms with Crippen molar-refractivity contribution in [2.75, 3.05) is 6.61 Å². The second-order valence-electron chi connectivity index (χ2n) is 8.51. The van der Waals surface area contributed by atoms with E-state index in [1.165, 1.54) is 26.0 Å². The molecule has 0 saturated carbocycles. The number of aryl methyl sites for hydroxylation is 1. The van der Waals surface area contributed by atoms with E-state index < -0.39 is 68.3 Å². The molecule has 0 unspecified atom stereocenters. The molecule has 1 fully saturated rings. The highest BCUT2D eigenvalue weighted by molar-refractivity contribution is 7.52. The Morgan fingerprint density at radius 1 is 1.28 bits per heavy atom. The van der Waals surface area contributed by atoms with E-state index in [0.717, 1.165) is 10.8 Å². The molecule has 198 valence electrons. The number of para-hydroxylation sites is 1. The Morgan fingerprint density at radius 2 is 1.94 bits per heavy atom. The highest BCUT2D eigenvalue weighted by atomic mass is 31.2. The number of nitrogens with one attached hydrogen (secondary N) is 2. The molecule has 12 nitrogen and oxygen atoms in total. The van der Waals surface area contributed by atoms with Crippen molar-refractivity contribution >= 4 is 13.7 Å². The van der Waals surface area contributed by atoms with Gasteiger partial charge in [0.05, 0.1) is 12.7 Å². The highest BCUT2D eigenvalue weighted by Crippen LogP contribution is 2.46. The molecular weight excluding hydrogens is 500 g/mol. The predicted molar refractivity (Wildman–Crippen MR) is 125 cm³/mol. The van der Waals surface area contributed by atoms with Gasteiger partial charge in [-0.2, -0.15) is 5.09 Å². The Kier molecular flexibility index (Phi) is 8.85. The summed E-state index contributed by atoms with van der Waals surface area (Å²) in [5.74, 6) is -0.554. The number of carbonyl (C=O) groups is 1. The van der Waals surface area contributed by atoms with Crippen molar-refractivity contribution in [3.63, 3.8) is 0 Å². The number of aromatic amines is 1. The van der Waals surface area contributed by atoms with Crippen LogP contribution in [0.5, 0.6) is 5.75 Å². The number of nitrogens with zero attached hydrogens (tertiary/aromatic N) is 1. The fraction of sp³-hybridized carbons (Fsp3) is 0.500. The normalized spacial score (nSPS) is 24.3. The smallest absolute Gasteiger partial charge is 0.459 e. The Hall–Kier alpha value is -2.83. The SMILES string of the molecule is Cc1cn([C@H]2O[C@@H](CO[P@@](=O)(N[C@@H](C)C(=O)OC(C)C)Oc3ccccc3)[C@H](O)[C@H]2F)c(=O)[nH]c1=O. The molecule has 0 spiro atoms. The summed E-state index contributed by atoms with van der Waals surface area (Å²) in [7, 11) is -4.29. The molecule has 1 aliphatic rings. The summed E-state index contributed by atoms with van der Waals surface area (Å²) in [5.41, 5.74) is -1.43. The monoisotopic (exact) mass is 529 g/mol. The number of halogens is 1. The molecule has 0 radical (unpaired) electrons. The van der Waals surface area contributed by atoms with E-state index in [-0.39, 0.29) is 11.3 Å². The number of carbonyl (C=O) groups excluding carboxylic acids is 1. The topological polar surface area (TPSA) is 158 Å². The summed E-state index contributed by atoms with van der Waals surface area (Å²) in [5, 5.41) is 12.8. The van der Waals surface area contributed by atoms with Gasteiger partial charge in [0.2, 0.25) is 0 Å².